The van der Waals surface area contributed by atoms with Crippen LogP contribution in [0.1, 0.15) is 12.0 Å². The van der Waals surface area contributed by atoms with Crippen molar-refractivity contribution in [3.8, 4) is 0 Å². The van der Waals surface area contributed by atoms with Crippen molar-refractivity contribution in [1.29, 1.82) is 0 Å². The maximum atomic E-state index is 11.4. The molecule has 0 aromatic heterocycles. The van der Waals surface area contributed by atoms with Crippen molar-refractivity contribution in [2.45, 2.75) is 12.8 Å². The fraction of sp³-hybridized carbons (Fsp3) is 0.364. The first-order chi connectivity index (χ1) is 7.31. The Kier molecular flexibility index (Phi) is 2.99. The Morgan fingerprint density at radius 1 is 1.33 bits per heavy atom. The zero-order valence-electron chi connectivity index (χ0n) is 8.57. The quantitative estimate of drug-likeness (QED) is 0.752. The predicted octanol–water partition coefficient (Wildman–Crippen LogP) is 0.429. The maximum absolute atomic E-state index is 11.4. The predicted molar refractivity (Wildman–Crippen MR) is 59.3 cm³/mol. The van der Waals surface area contributed by atoms with Gasteiger partial charge in [0, 0.05) is 13.0 Å². The van der Waals surface area contributed by atoms with Crippen LogP contribution in [0.3, 0.4) is 0 Å². The van der Waals surface area contributed by atoms with Crippen LogP contribution < -0.4 is 16.2 Å². The number of rotatable bonds is 3. The third kappa shape index (κ3) is 2.16. The van der Waals surface area contributed by atoms with Crippen LogP contribution in [-0.4, -0.2) is 19.0 Å². The lowest BCUT2D eigenvalue weighted by molar-refractivity contribution is -0.117. The first-order valence-corrected chi connectivity index (χ1v) is 5.17. The molecule has 1 heterocycles. The van der Waals surface area contributed by atoms with E-state index in [2.05, 4.69) is 5.43 Å². The van der Waals surface area contributed by atoms with Gasteiger partial charge in [-0.1, -0.05) is 12.1 Å². The molecule has 15 heavy (non-hydrogen) atoms. The van der Waals surface area contributed by atoms with Crippen LogP contribution in [0.15, 0.2) is 24.3 Å². The van der Waals surface area contributed by atoms with Gasteiger partial charge < -0.3 is 5.73 Å². The molecular formula is C11H15N3O. The zero-order chi connectivity index (χ0) is 10.7. The molecule has 1 aromatic carbocycles. The molecule has 0 aliphatic carbocycles. The standard InChI is InChI=1S/C11H15N3O/c12-7-5-9-1-3-10(4-2-9)14-11(15)6-8-13-14/h1-4,13H,5-8,12H2. The number of carbonyl (C=O) groups excluding carboxylic acids is 1. The summed E-state index contributed by atoms with van der Waals surface area (Å²) in [4.78, 5) is 11.4. The summed E-state index contributed by atoms with van der Waals surface area (Å²) in [5, 5.41) is 1.60. The summed E-state index contributed by atoms with van der Waals surface area (Å²) in [6.07, 6.45) is 1.45. The van der Waals surface area contributed by atoms with Crippen molar-refractivity contribution in [2.24, 2.45) is 5.73 Å². The Bertz CT molecular complexity index is 347. The summed E-state index contributed by atoms with van der Waals surface area (Å²) in [6.45, 7) is 1.38. The number of nitrogens with one attached hydrogen (secondary N) is 1. The first-order valence-electron chi connectivity index (χ1n) is 5.17. The molecule has 0 saturated carbocycles. The van der Waals surface area contributed by atoms with Crippen LogP contribution in [0.25, 0.3) is 0 Å². The molecule has 1 aromatic rings. The monoisotopic (exact) mass is 205 g/mol. The number of anilines is 1. The maximum Gasteiger partial charge on any atom is 0.242 e. The van der Waals surface area contributed by atoms with Crippen molar-refractivity contribution in [3.05, 3.63) is 29.8 Å². The molecule has 0 spiro atoms. The zero-order valence-corrected chi connectivity index (χ0v) is 8.57. The first kappa shape index (κ1) is 10.1. The van der Waals surface area contributed by atoms with Gasteiger partial charge in [0.2, 0.25) is 5.91 Å². The molecule has 1 amide bonds. The van der Waals surface area contributed by atoms with Crippen LogP contribution in [0.5, 0.6) is 0 Å². The van der Waals surface area contributed by atoms with Gasteiger partial charge in [-0.15, -0.1) is 0 Å². The molecule has 3 N–H and O–H groups in total. The molecular weight excluding hydrogens is 190 g/mol. The highest BCUT2D eigenvalue weighted by Gasteiger charge is 2.20. The molecule has 2 rings (SSSR count). The summed E-state index contributed by atoms with van der Waals surface area (Å²) >= 11 is 0. The van der Waals surface area contributed by atoms with Crippen LogP contribution in [-0.2, 0) is 11.2 Å². The minimum Gasteiger partial charge on any atom is -0.330 e. The molecule has 0 unspecified atom stereocenters. The Morgan fingerprint density at radius 3 is 2.60 bits per heavy atom. The molecule has 0 radical (unpaired) electrons. The molecule has 4 nitrogen and oxygen atoms in total. The van der Waals surface area contributed by atoms with Crippen LogP contribution in [0.4, 0.5) is 5.69 Å². The number of hydrazine groups is 1. The van der Waals surface area contributed by atoms with E-state index in [-0.39, 0.29) is 5.91 Å². The third-order valence-electron chi connectivity index (χ3n) is 2.49. The number of nitrogens with zero attached hydrogens (tertiary/aromatic N) is 1. The number of amides is 1. The van der Waals surface area contributed by atoms with Gasteiger partial charge in [0.15, 0.2) is 0 Å². The van der Waals surface area contributed by atoms with E-state index in [1.807, 2.05) is 24.3 Å². The average molecular weight is 205 g/mol. The van der Waals surface area contributed by atoms with Gasteiger partial charge in [0.25, 0.3) is 0 Å². The van der Waals surface area contributed by atoms with Gasteiger partial charge in [-0.3, -0.25) is 4.79 Å². The highest BCUT2D eigenvalue weighted by Crippen LogP contribution is 2.17. The Morgan fingerprint density at radius 2 is 2.07 bits per heavy atom. The summed E-state index contributed by atoms with van der Waals surface area (Å²) in [6, 6.07) is 7.91. The van der Waals surface area contributed by atoms with Crippen LogP contribution in [0, 0.1) is 0 Å². The fourth-order valence-electron chi connectivity index (χ4n) is 1.69. The Hall–Kier alpha value is -1.39. The Labute approximate surface area is 89.0 Å². The van der Waals surface area contributed by atoms with Crippen molar-refractivity contribution in [2.75, 3.05) is 18.1 Å². The smallest absolute Gasteiger partial charge is 0.242 e. The molecule has 0 bridgehead atoms. The molecule has 1 saturated heterocycles. The van der Waals surface area contributed by atoms with Gasteiger partial charge in [-0.2, -0.15) is 0 Å². The van der Waals surface area contributed by atoms with Crippen LogP contribution >= 0.6 is 0 Å². The Balaban J connectivity index is 2.12. The topological polar surface area (TPSA) is 58.4 Å². The number of benzene rings is 1. The lowest BCUT2D eigenvalue weighted by atomic mass is 10.1. The number of nitrogens with two attached hydrogens (primary N) is 1. The van der Waals surface area contributed by atoms with Crippen molar-refractivity contribution in [1.82, 2.24) is 5.43 Å². The second-order valence-corrected chi connectivity index (χ2v) is 3.59. The summed E-state index contributed by atoms with van der Waals surface area (Å²) < 4.78 is 0. The molecule has 1 aliphatic rings. The molecule has 0 atom stereocenters. The largest absolute Gasteiger partial charge is 0.330 e. The van der Waals surface area contributed by atoms with Crippen molar-refractivity contribution >= 4 is 11.6 Å². The second-order valence-electron chi connectivity index (χ2n) is 3.59. The summed E-state index contributed by atoms with van der Waals surface area (Å²) in [7, 11) is 0. The fourth-order valence-corrected chi connectivity index (χ4v) is 1.69. The molecule has 1 aliphatic heterocycles. The SMILES string of the molecule is NCCc1ccc(N2NCCC2=O)cc1. The lowest BCUT2D eigenvalue weighted by Crippen LogP contribution is -2.33. The van der Waals surface area contributed by atoms with E-state index in [9.17, 15) is 4.79 Å². The minimum absolute atomic E-state index is 0.126. The van der Waals surface area contributed by atoms with Gasteiger partial charge in [0.1, 0.15) is 0 Å². The van der Waals surface area contributed by atoms with Gasteiger partial charge in [-0.05, 0) is 30.7 Å². The lowest BCUT2D eigenvalue weighted by Gasteiger charge is -2.15. The van der Waals surface area contributed by atoms with Gasteiger partial charge in [0.05, 0.1) is 5.69 Å². The van der Waals surface area contributed by atoms with E-state index in [1.54, 1.807) is 5.01 Å². The van der Waals surface area contributed by atoms with E-state index in [4.69, 9.17) is 5.73 Å². The molecule has 80 valence electrons. The third-order valence-corrected chi connectivity index (χ3v) is 2.49. The minimum atomic E-state index is 0.126. The van der Waals surface area contributed by atoms with E-state index >= 15 is 0 Å². The number of carbonyl (C=O) groups is 1. The number of hydrogen-bond donors (Lipinski definition) is 2. The summed E-state index contributed by atoms with van der Waals surface area (Å²) in [5.41, 5.74) is 10.6. The van der Waals surface area contributed by atoms with Crippen LogP contribution in [0.2, 0.25) is 0 Å². The highest BCUT2D eigenvalue weighted by molar-refractivity contribution is 5.94. The summed E-state index contributed by atoms with van der Waals surface area (Å²) in [5.74, 6) is 0.126. The molecule has 1 fully saturated rings. The molecule has 4 heteroatoms. The van der Waals surface area contributed by atoms with Gasteiger partial charge >= 0.3 is 0 Å². The van der Waals surface area contributed by atoms with E-state index < -0.39 is 0 Å². The van der Waals surface area contributed by atoms with Crippen molar-refractivity contribution in [3.63, 3.8) is 0 Å². The average Bonchev–Trinajstić information content (AvgIpc) is 2.66. The normalized spacial score (nSPS) is 16.1. The van der Waals surface area contributed by atoms with Gasteiger partial charge in [-0.25, -0.2) is 10.4 Å². The van der Waals surface area contributed by atoms with E-state index in [0.717, 1.165) is 18.7 Å². The van der Waals surface area contributed by atoms with E-state index in [0.29, 0.717) is 13.0 Å². The van der Waals surface area contributed by atoms with E-state index in [1.165, 1.54) is 5.56 Å². The highest BCUT2D eigenvalue weighted by atomic mass is 16.2. The second kappa shape index (κ2) is 4.42. The number of hydrogen-bond acceptors (Lipinski definition) is 3. The van der Waals surface area contributed by atoms with Crippen molar-refractivity contribution < 1.29 is 4.79 Å².